The number of hydrogen-bond acceptors (Lipinski definition) is 3. The van der Waals surface area contributed by atoms with Crippen molar-refractivity contribution in [3.8, 4) is 0 Å². The molecule has 2 aromatic carbocycles. The van der Waals surface area contributed by atoms with Gasteiger partial charge in [0.1, 0.15) is 0 Å². The molecule has 2 aromatic rings. The van der Waals surface area contributed by atoms with Crippen LogP contribution in [0.4, 0.5) is 5.69 Å². The van der Waals surface area contributed by atoms with E-state index < -0.39 is 0 Å². The molecule has 1 N–H and O–H groups in total. The maximum absolute atomic E-state index is 12.1. The first kappa shape index (κ1) is 17.4. The molecule has 1 fully saturated rings. The van der Waals surface area contributed by atoms with E-state index >= 15 is 0 Å². The van der Waals surface area contributed by atoms with E-state index in [2.05, 4.69) is 10.3 Å². The zero-order valence-corrected chi connectivity index (χ0v) is 15.5. The van der Waals surface area contributed by atoms with E-state index in [1.54, 1.807) is 30.3 Å². The molecule has 0 saturated carbocycles. The molecule has 0 aliphatic carbocycles. The quantitative estimate of drug-likeness (QED) is 0.646. The van der Waals surface area contributed by atoms with Crippen LogP contribution in [-0.4, -0.2) is 11.1 Å². The number of thioether (sulfide) groups is 1. The van der Waals surface area contributed by atoms with Crippen LogP contribution in [0.1, 0.15) is 11.1 Å². The van der Waals surface area contributed by atoms with Crippen molar-refractivity contribution in [3.05, 3.63) is 67.5 Å². The van der Waals surface area contributed by atoms with Crippen LogP contribution < -0.4 is 5.32 Å². The molecule has 24 heavy (non-hydrogen) atoms. The zero-order chi connectivity index (χ0) is 17.3. The highest BCUT2D eigenvalue weighted by molar-refractivity contribution is 8.18. The fourth-order valence-electron chi connectivity index (χ4n) is 2.07. The minimum atomic E-state index is -0.218. The lowest BCUT2D eigenvalue weighted by atomic mass is 10.2. The van der Waals surface area contributed by atoms with Gasteiger partial charge in [0.05, 0.1) is 10.6 Å². The van der Waals surface area contributed by atoms with Crippen LogP contribution in [0, 0.1) is 6.92 Å². The van der Waals surface area contributed by atoms with E-state index in [1.165, 1.54) is 11.8 Å². The average Bonchev–Trinajstić information content (AvgIpc) is 2.86. The third-order valence-electron chi connectivity index (χ3n) is 3.36. The Kier molecular flexibility index (Phi) is 5.21. The van der Waals surface area contributed by atoms with Crippen molar-refractivity contribution < 1.29 is 4.79 Å². The van der Waals surface area contributed by atoms with Crippen LogP contribution in [0.5, 0.6) is 0 Å². The monoisotopic (exact) mass is 396 g/mol. The van der Waals surface area contributed by atoms with Crippen LogP contribution in [0.15, 0.2) is 46.3 Å². The summed E-state index contributed by atoms with van der Waals surface area (Å²) in [4.78, 5) is 17.1. The molecule has 1 heterocycles. The van der Waals surface area contributed by atoms with Gasteiger partial charge in [-0.15, -0.1) is 0 Å². The average molecular weight is 398 g/mol. The molecule has 1 amide bonds. The van der Waals surface area contributed by atoms with E-state index in [0.717, 1.165) is 16.8 Å². The molecule has 0 radical (unpaired) electrons. The summed E-state index contributed by atoms with van der Waals surface area (Å²) in [5.74, 6) is -0.218. The standard InChI is InChI=1S/C17H11Cl3N2OS/c1-9-12(19)3-2-4-14(9)21-17-22-16(23)15(24-17)7-10-5-6-11(18)8-13(10)20/h2-8H,1H3,(H,21,22,23)/b15-7+. The summed E-state index contributed by atoms with van der Waals surface area (Å²) in [7, 11) is 0. The molecule has 1 saturated heterocycles. The first-order valence-corrected chi connectivity index (χ1v) is 8.89. The van der Waals surface area contributed by atoms with Gasteiger partial charge in [-0.25, -0.2) is 4.99 Å². The number of hydrogen-bond donors (Lipinski definition) is 1. The molecule has 7 heteroatoms. The van der Waals surface area contributed by atoms with E-state index in [0.29, 0.717) is 25.1 Å². The van der Waals surface area contributed by atoms with Crippen LogP contribution in [0.3, 0.4) is 0 Å². The highest BCUT2D eigenvalue weighted by atomic mass is 35.5. The van der Waals surface area contributed by atoms with Gasteiger partial charge in [0.25, 0.3) is 5.91 Å². The van der Waals surface area contributed by atoms with Crippen molar-refractivity contribution in [1.82, 2.24) is 5.32 Å². The predicted molar refractivity (Wildman–Crippen MR) is 103 cm³/mol. The number of nitrogens with one attached hydrogen (secondary N) is 1. The van der Waals surface area contributed by atoms with Crippen LogP contribution >= 0.6 is 46.6 Å². The summed E-state index contributed by atoms with van der Waals surface area (Å²) in [6, 6.07) is 10.6. The number of benzene rings is 2. The molecular weight excluding hydrogens is 387 g/mol. The number of halogens is 3. The van der Waals surface area contributed by atoms with E-state index in [4.69, 9.17) is 34.8 Å². The molecule has 3 rings (SSSR count). The van der Waals surface area contributed by atoms with Gasteiger partial charge < -0.3 is 5.32 Å². The van der Waals surface area contributed by atoms with Crippen LogP contribution in [0.2, 0.25) is 15.1 Å². The van der Waals surface area contributed by atoms with Crippen molar-refractivity contribution in [2.45, 2.75) is 6.92 Å². The Bertz CT molecular complexity index is 893. The Morgan fingerprint density at radius 3 is 2.67 bits per heavy atom. The Morgan fingerprint density at radius 1 is 1.12 bits per heavy atom. The minimum Gasteiger partial charge on any atom is -0.300 e. The summed E-state index contributed by atoms with van der Waals surface area (Å²) in [6.45, 7) is 1.88. The Balaban J connectivity index is 1.89. The Hall–Kier alpha value is -1.46. The molecule has 1 aliphatic heterocycles. The zero-order valence-electron chi connectivity index (χ0n) is 12.4. The second-order valence-electron chi connectivity index (χ2n) is 5.03. The highest BCUT2D eigenvalue weighted by Crippen LogP contribution is 2.32. The normalized spacial score (nSPS) is 17.6. The molecule has 0 atom stereocenters. The second kappa shape index (κ2) is 7.19. The van der Waals surface area contributed by atoms with Gasteiger partial charge in [-0.2, -0.15) is 0 Å². The smallest absolute Gasteiger partial charge is 0.264 e. The van der Waals surface area contributed by atoms with Gasteiger partial charge >= 0.3 is 0 Å². The molecule has 1 aliphatic rings. The fraction of sp³-hybridized carbons (Fsp3) is 0.0588. The van der Waals surface area contributed by atoms with Gasteiger partial charge in [-0.1, -0.05) is 46.9 Å². The maximum Gasteiger partial charge on any atom is 0.264 e. The van der Waals surface area contributed by atoms with E-state index in [1.807, 2.05) is 19.1 Å². The molecule has 0 spiro atoms. The van der Waals surface area contributed by atoms with E-state index in [-0.39, 0.29) is 5.91 Å². The van der Waals surface area contributed by atoms with Crippen molar-refractivity contribution in [1.29, 1.82) is 0 Å². The van der Waals surface area contributed by atoms with Crippen molar-refractivity contribution in [3.63, 3.8) is 0 Å². The molecule has 0 aromatic heterocycles. The van der Waals surface area contributed by atoms with Gasteiger partial charge in [0, 0.05) is 15.1 Å². The third kappa shape index (κ3) is 3.78. The molecular formula is C17H11Cl3N2OS. The maximum atomic E-state index is 12.1. The molecule has 0 bridgehead atoms. The first-order chi connectivity index (χ1) is 11.4. The van der Waals surface area contributed by atoms with Gasteiger partial charge in [-0.3, -0.25) is 4.79 Å². The molecule has 3 nitrogen and oxygen atoms in total. The lowest BCUT2D eigenvalue weighted by Crippen LogP contribution is -2.19. The summed E-state index contributed by atoms with van der Waals surface area (Å²) < 4.78 is 0. The number of carbonyl (C=O) groups excluding carboxylic acids is 1. The van der Waals surface area contributed by atoms with Crippen molar-refractivity contribution in [2.75, 3.05) is 0 Å². The summed E-state index contributed by atoms with van der Waals surface area (Å²) >= 11 is 19.4. The lowest BCUT2D eigenvalue weighted by Gasteiger charge is -2.02. The van der Waals surface area contributed by atoms with Crippen molar-refractivity contribution in [2.24, 2.45) is 4.99 Å². The summed E-state index contributed by atoms with van der Waals surface area (Å²) in [5, 5.41) is 4.91. The Morgan fingerprint density at radius 2 is 1.92 bits per heavy atom. The topological polar surface area (TPSA) is 41.5 Å². The first-order valence-electron chi connectivity index (χ1n) is 6.94. The van der Waals surface area contributed by atoms with E-state index in [9.17, 15) is 4.79 Å². The summed E-state index contributed by atoms with van der Waals surface area (Å²) in [6.07, 6.45) is 1.71. The number of nitrogens with zero attached hydrogens (tertiary/aromatic N) is 1. The second-order valence-corrected chi connectivity index (χ2v) is 7.31. The fourth-order valence-corrected chi connectivity index (χ4v) is 3.53. The van der Waals surface area contributed by atoms with Gasteiger partial charge in [-0.05, 0) is 60.2 Å². The SMILES string of the molecule is Cc1c(Cl)cccc1N=C1NC(=O)/C(=C\c2ccc(Cl)cc2Cl)S1. The predicted octanol–water partition coefficient (Wildman–Crippen LogP) is 5.85. The highest BCUT2D eigenvalue weighted by Gasteiger charge is 2.24. The lowest BCUT2D eigenvalue weighted by molar-refractivity contribution is -0.115. The molecule has 122 valence electrons. The summed E-state index contributed by atoms with van der Waals surface area (Å²) in [5.41, 5.74) is 2.30. The number of rotatable bonds is 2. The van der Waals surface area contributed by atoms with Crippen molar-refractivity contribution >= 4 is 69.4 Å². The van der Waals surface area contributed by atoms with Crippen LogP contribution in [-0.2, 0) is 4.79 Å². The molecule has 0 unspecified atom stereocenters. The third-order valence-corrected chi connectivity index (χ3v) is 5.24. The Labute approximate surface area is 158 Å². The largest absolute Gasteiger partial charge is 0.300 e. The number of amidine groups is 1. The van der Waals surface area contributed by atoms with Gasteiger partial charge in [0.2, 0.25) is 0 Å². The number of aliphatic imine (C=N–C) groups is 1. The van der Waals surface area contributed by atoms with Crippen LogP contribution in [0.25, 0.3) is 6.08 Å². The van der Waals surface area contributed by atoms with Gasteiger partial charge in [0.15, 0.2) is 5.17 Å². The number of carbonyl (C=O) groups is 1. The minimum absolute atomic E-state index is 0.218. The number of amides is 1.